The van der Waals surface area contributed by atoms with E-state index in [9.17, 15) is 9.59 Å². The van der Waals surface area contributed by atoms with Crippen molar-refractivity contribution in [3.63, 3.8) is 0 Å². The quantitative estimate of drug-likeness (QED) is 0.404. The Kier molecular flexibility index (Phi) is 9.24. The minimum absolute atomic E-state index is 0.0918. The Labute approximate surface area is 188 Å². The lowest BCUT2D eigenvalue weighted by molar-refractivity contribution is -0.113. The Morgan fingerprint density at radius 2 is 1.87 bits per heavy atom. The number of anilines is 2. The van der Waals surface area contributed by atoms with Crippen molar-refractivity contribution >= 4 is 35.0 Å². The van der Waals surface area contributed by atoms with Crippen LogP contribution < -0.4 is 15.5 Å². The lowest BCUT2D eigenvalue weighted by atomic mass is 10.1. The van der Waals surface area contributed by atoms with E-state index in [1.807, 2.05) is 49.4 Å². The van der Waals surface area contributed by atoms with Gasteiger partial charge >= 0.3 is 0 Å². The molecule has 2 aromatic rings. The smallest absolute Gasteiger partial charge is 0.253 e. The molecule has 6 nitrogen and oxygen atoms in total. The van der Waals surface area contributed by atoms with Crippen LogP contribution in [-0.4, -0.2) is 50.4 Å². The number of rotatable bonds is 11. The number of benzene rings is 2. The van der Waals surface area contributed by atoms with Gasteiger partial charge in [0.25, 0.3) is 5.91 Å². The van der Waals surface area contributed by atoms with E-state index < -0.39 is 0 Å². The van der Waals surface area contributed by atoms with Crippen molar-refractivity contribution in [2.24, 2.45) is 0 Å². The summed E-state index contributed by atoms with van der Waals surface area (Å²) in [7, 11) is 0. The zero-order valence-corrected chi connectivity index (χ0v) is 18.9. The molecule has 1 aliphatic rings. The average molecular weight is 442 g/mol. The van der Waals surface area contributed by atoms with Gasteiger partial charge < -0.3 is 20.3 Å². The fraction of sp³-hybridized carbons (Fsp3) is 0.417. The summed E-state index contributed by atoms with van der Waals surface area (Å²) in [6.07, 6.45) is 3.03. The number of hydrogen-bond donors (Lipinski definition) is 2. The molecule has 3 rings (SSSR count). The number of carbonyl (C=O) groups is 2. The molecule has 31 heavy (non-hydrogen) atoms. The van der Waals surface area contributed by atoms with Gasteiger partial charge in [0, 0.05) is 49.1 Å². The predicted octanol–water partition coefficient (Wildman–Crippen LogP) is 4.17. The van der Waals surface area contributed by atoms with Crippen molar-refractivity contribution in [1.29, 1.82) is 0 Å². The van der Waals surface area contributed by atoms with Crippen LogP contribution >= 0.6 is 11.8 Å². The van der Waals surface area contributed by atoms with E-state index in [1.54, 1.807) is 6.07 Å². The van der Waals surface area contributed by atoms with Crippen LogP contribution in [0.15, 0.2) is 53.4 Å². The van der Waals surface area contributed by atoms with Crippen molar-refractivity contribution in [3.8, 4) is 0 Å². The summed E-state index contributed by atoms with van der Waals surface area (Å²) in [4.78, 5) is 28.6. The summed E-state index contributed by atoms with van der Waals surface area (Å²) >= 11 is 1.49. The normalized spacial score (nSPS) is 13.3. The molecule has 0 atom stereocenters. The zero-order chi connectivity index (χ0) is 21.9. The molecule has 1 heterocycles. The Hall–Kier alpha value is -2.51. The second-order valence-corrected chi connectivity index (χ2v) is 8.43. The van der Waals surface area contributed by atoms with Crippen LogP contribution in [-0.2, 0) is 9.53 Å². The SMILES string of the molecule is CCOCCCNC(=O)c1cc(NC(=O)CSc2ccccc2)ccc1N1CCCC1. The number of nitrogens with zero attached hydrogens (tertiary/aromatic N) is 1. The Balaban J connectivity index is 1.64. The number of ether oxygens (including phenoxy) is 1. The van der Waals surface area contributed by atoms with Crippen molar-refractivity contribution in [1.82, 2.24) is 5.32 Å². The van der Waals surface area contributed by atoms with Gasteiger partial charge in [-0.25, -0.2) is 0 Å². The first-order valence-electron chi connectivity index (χ1n) is 10.9. The van der Waals surface area contributed by atoms with Gasteiger partial charge in [-0.3, -0.25) is 9.59 Å². The summed E-state index contributed by atoms with van der Waals surface area (Å²) in [5, 5.41) is 5.92. The van der Waals surface area contributed by atoms with E-state index in [-0.39, 0.29) is 11.8 Å². The largest absolute Gasteiger partial charge is 0.382 e. The number of thioether (sulfide) groups is 1. The third-order valence-corrected chi connectivity index (χ3v) is 6.05. The topological polar surface area (TPSA) is 70.7 Å². The first-order chi connectivity index (χ1) is 15.2. The highest BCUT2D eigenvalue weighted by Crippen LogP contribution is 2.28. The molecule has 1 aliphatic heterocycles. The molecule has 1 fully saturated rings. The van der Waals surface area contributed by atoms with Crippen LogP contribution in [0.5, 0.6) is 0 Å². The molecular weight excluding hydrogens is 410 g/mol. The Morgan fingerprint density at radius 3 is 2.61 bits per heavy atom. The molecule has 7 heteroatoms. The maximum atomic E-state index is 12.9. The molecule has 166 valence electrons. The maximum absolute atomic E-state index is 12.9. The van der Waals surface area contributed by atoms with E-state index in [0.29, 0.717) is 36.8 Å². The first kappa shape index (κ1) is 23.2. The monoisotopic (exact) mass is 441 g/mol. The van der Waals surface area contributed by atoms with E-state index in [2.05, 4.69) is 15.5 Å². The van der Waals surface area contributed by atoms with Crippen LogP contribution in [0.3, 0.4) is 0 Å². The van der Waals surface area contributed by atoms with Crippen molar-refractivity contribution in [2.45, 2.75) is 31.1 Å². The van der Waals surface area contributed by atoms with E-state index >= 15 is 0 Å². The van der Waals surface area contributed by atoms with Gasteiger partial charge in [-0.05, 0) is 56.5 Å². The van der Waals surface area contributed by atoms with Crippen LogP contribution in [0.2, 0.25) is 0 Å². The van der Waals surface area contributed by atoms with Gasteiger partial charge in [0.1, 0.15) is 0 Å². The van der Waals surface area contributed by atoms with Crippen LogP contribution in [0.1, 0.15) is 36.5 Å². The lowest BCUT2D eigenvalue weighted by Crippen LogP contribution is -2.29. The molecule has 0 unspecified atom stereocenters. The molecule has 1 saturated heterocycles. The summed E-state index contributed by atoms with van der Waals surface area (Å²) in [6, 6.07) is 15.4. The van der Waals surface area contributed by atoms with Gasteiger partial charge in [-0.2, -0.15) is 0 Å². The van der Waals surface area contributed by atoms with E-state index in [4.69, 9.17) is 4.74 Å². The fourth-order valence-corrected chi connectivity index (χ4v) is 4.23. The second-order valence-electron chi connectivity index (χ2n) is 7.38. The standard InChI is InChI=1S/C24H31N3O3S/c1-2-30-16-8-13-25-24(29)21-17-19(11-12-22(21)27-14-6-7-15-27)26-23(28)18-31-20-9-4-3-5-10-20/h3-5,9-12,17H,2,6-8,13-16,18H2,1H3,(H,25,29)(H,26,28). The third-order valence-electron chi connectivity index (χ3n) is 5.04. The Bertz CT molecular complexity index is 854. The minimum atomic E-state index is -0.117. The lowest BCUT2D eigenvalue weighted by Gasteiger charge is -2.22. The zero-order valence-electron chi connectivity index (χ0n) is 18.1. The second kappa shape index (κ2) is 12.4. The third kappa shape index (κ3) is 7.29. The van der Waals surface area contributed by atoms with Crippen molar-refractivity contribution < 1.29 is 14.3 Å². The van der Waals surface area contributed by atoms with E-state index in [0.717, 1.165) is 42.9 Å². The molecule has 0 radical (unpaired) electrons. The van der Waals surface area contributed by atoms with Gasteiger partial charge in [-0.15, -0.1) is 11.8 Å². The molecule has 2 N–H and O–H groups in total. The highest BCUT2D eigenvalue weighted by molar-refractivity contribution is 8.00. The van der Waals surface area contributed by atoms with Gasteiger partial charge in [0.2, 0.25) is 5.91 Å². The molecular formula is C24H31N3O3S. The number of carbonyl (C=O) groups excluding carboxylic acids is 2. The molecule has 0 aromatic heterocycles. The highest BCUT2D eigenvalue weighted by Gasteiger charge is 2.20. The van der Waals surface area contributed by atoms with Gasteiger partial charge in [0.15, 0.2) is 0 Å². The van der Waals surface area contributed by atoms with Gasteiger partial charge in [0.05, 0.1) is 11.3 Å². The molecule has 0 aliphatic carbocycles. The maximum Gasteiger partial charge on any atom is 0.253 e. The van der Waals surface area contributed by atoms with Crippen LogP contribution in [0, 0.1) is 0 Å². The average Bonchev–Trinajstić information content (AvgIpc) is 3.33. The molecule has 2 amide bonds. The highest BCUT2D eigenvalue weighted by atomic mass is 32.2. The first-order valence-corrected chi connectivity index (χ1v) is 11.9. The number of nitrogens with one attached hydrogen (secondary N) is 2. The molecule has 0 bridgehead atoms. The Morgan fingerprint density at radius 1 is 1.10 bits per heavy atom. The summed E-state index contributed by atoms with van der Waals surface area (Å²) in [5.41, 5.74) is 2.17. The number of hydrogen-bond acceptors (Lipinski definition) is 5. The summed E-state index contributed by atoms with van der Waals surface area (Å²) in [5.74, 6) is 0.107. The summed E-state index contributed by atoms with van der Waals surface area (Å²) in [6.45, 7) is 5.72. The van der Waals surface area contributed by atoms with Crippen molar-refractivity contribution in [3.05, 3.63) is 54.1 Å². The number of amides is 2. The van der Waals surface area contributed by atoms with Crippen LogP contribution in [0.4, 0.5) is 11.4 Å². The molecule has 2 aromatic carbocycles. The molecule has 0 saturated carbocycles. The van der Waals surface area contributed by atoms with Crippen LogP contribution in [0.25, 0.3) is 0 Å². The van der Waals surface area contributed by atoms with E-state index in [1.165, 1.54) is 11.8 Å². The minimum Gasteiger partial charge on any atom is -0.382 e. The molecule has 0 spiro atoms. The predicted molar refractivity (Wildman–Crippen MR) is 127 cm³/mol. The van der Waals surface area contributed by atoms with Crippen molar-refractivity contribution in [2.75, 3.05) is 48.8 Å². The fourth-order valence-electron chi connectivity index (χ4n) is 3.51. The van der Waals surface area contributed by atoms with Gasteiger partial charge in [-0.1, -0.05) is 18.2 Å². The summed E-state index contributed by atoms with van der Waals surface area (Å²) < 4.78 is 5.33.